The molecule has 0 aliphatic heterocycles. The molecule has 2 aromatic rings. The van der Waals surface area contributed by atoms with E-state index in [1.807, 2.05) is 0 Å². The van der Waals surface area contributed by atoms with Crippen molar-refractivity contribution in [3.63, 3.8) is 0 Å². The average Bonchev–Trinajstić information content (AvgIpc) is 3.08. The van der Waals surface area contributed by atoms with Crippen LogP contribution >= 0.6 is 0 Å². The summed E-state index contributed by atoms with van der Waals surface area (Å²) in [5.74, 6) is -6.58. The standard InChI is InChI=1S/C19H19F5N2O3/c1-17(2,3)25-15(27)14-13(9-10-29-14)16(28)26(4)12-7-5-11(6-8-12)18(20,21)19(22,23)24/h5-10H,1-4H3,(H,25,27). The second-order valence-corrected chi connectivity index (χ2v) is 7.35. The van der Waals surface area contributed by atoms with Crippen molar-refractivity contribution in [3.8, 4) is 0 Å². The normalized spacial score (nSPS) is 12.6. The van der Waals surface area contributed by atoms with Crippen LogP contribution in [0.15, 0.2) is 41.0 Å². The Morgan fingerprint density at radius 2 is 1.52 bits per heavy atom. The van der Waals surface area contributed by atoms with Gasteiger partial charge in [0.05, 0.1) is 11.8 Å². The third kappa shape index (κ3) is 4.75. The lowest BCUT2D eigenvalue weighted by molar-refractivity contribution is -0.289. The first-order chi connectivity index (χ1) is 13.1. The van der Waals surface area contributed by atoms with Gasteiger partial charge in [0.15, 0.2) is 0 Å². The van der Waals surface area contributed by atoms with Crippen LogP contribution in [0.25, 0.3) is 0 Å². The van der Waals surface area contributed by atoms with Gasteiger partial charge >= 0.3 is 12.1 Å². The number of nitrogens with zero attached hydrogens (tertiary/aromatic N) is 1. The second kappa shape index (κ2) is 7.49. The average molecular weight is 418 g/mol. The van der Waals surface area contributed by atoms with E-state index in [1.165, 1.54) is 13.1 Å². The molecular formula is C19H19F5N2O3. The maximum Gasteiger partial charge on any atom is 0.458 e. The second-order valence-electron chi connectivity index (χ2n) is 7.35. The molecule has 0 radical (unpaired) electrons. The van der Waals surface area contributed by atoms with E-state index < -0.39 is 35.0 Å². The Morgan fingerprint density at radius 1 is 0.966 bits per heavy atom. The molecule has 5 nitrogen and oxygen atoms in total. The largest absolute Gasteiger partial charge is 0.458 e. The summed E-state index contributed by atoms with van der Waals surface area (Å²) >= 11 is 0. The Balaban J connectivity index is 2.26. The van der Waals surface area contributed by atoms with Crippen molar-refractivity contribution in [2.24, 2.45) is 0 Å². The van der Waals surface area contributed by atoms with Crippen molar-refractivity contribution < 1.29 is 36.0 Å². The van der Waals surface area contributed by atoms with Crippen LogP contribution in [0.3, 0.4) is 0 Å². The van der Waals surface area contributed by atoms with E-state index in [0.29, 0.717) is 12.1 Å². The van der Waals surface area contributed by atoms with Gasteiger partial charge in [-0.3, -0.25) is 9.59 Å². The maximum absolute atomic E-state index is 13.4. The number of amides is 2. The van der Waals surface area contributed by atoms with Gasteiger partial charge in [-0.05, 0) is 39.0 Å². The molecule has 0 spiro atoms. The number of anilines is 1. The molecular weight excluding hydrogens is 399 g/mol. The van der Waals surface area contributed by atoms with Crippen LogP contribution in [0, 0.1) is 0 Å². The van der Waals surface area contributed by atoms with Crippen LogP contribution in [-0.4, -0.2) is 30.6 Å². The van der Waals surface area contributed by atoms with Gasteiger partial charge in [-0.25, -0.2) is 0 Å². The molecule has 1 N–H and O–H groups in total. The van der Waals surface area contributed by atoms with Gasteiger partial charge in [0.2, 0.25) is 5.76 Å². The molecule has 0 atom stereocenters. The van der Waals surface area contributed by atoms with Crippen molar-refractivity contribution in [2.45, 2.75) is 38.4 Å². The molecule has 1 heterocycles. The van der Waals surface area contributed by atoms with Gasteiger partial charge < -0.3 is 14.6 Å². The lowest BCUT2D eigenvalue weighted by Gasteiger charge is -2.22. The minimum atomic E-state index is -5.73. The molecule has 2 amide bonds. The number of alkyl halides is 5. The highest BCUT2D eigenvalue weighted by molar-refractivity contribution is 6.11. The first kappa shape index (κ1) is 22.4. The van der Waals surface area contributed by atoms with Crippen LogP contribution in [0.5, 0.6) is 0 Å². The number of carbonyl (C=O) groups excluding carboxylic acids is 2. The summed E-state index contributed by atoms with van der Waals surface area (Å²) in [6.07, 6.45) is -4.59. The molecule has 0 fully saturated rings. The lowest BCUT2D eigenvalue weighted by atomic mass is 10.1. The van der Waals surface area contributed by atoms with Gasteiger partial charge in [-0.2, -0.15) is 22.0 Å². The Bertz CT molecular complexity index is 896. The SMILES string of the molecule is CN(C(=O)c1ccoc1C(=O)NC(C)(C)C)c1ccc(C(F)(F)C(F)(F)F)cc1. The highest BCUT2D eigenvalue weighted by Gasteiger charge is 2.58. The molecule has 0 saturated carbocycles. The van der Waals surface area contributed by atoms with E-state index in [-0.39, 0.29) is 17.0 Å². The Labute approximate surface area is 163 Å². The van der Waals surface area contributed by atoms with Gasteiger partial charge in [-0.15, -0.1) is 0 Å². The first-order valence-electron chi connectivity index (χ1n) is 8.38. The molecule has 0 aliphatic rings. The van der Waals surface area contributed by atoms with E-state index >= 15 is 0 Å². The number of nitrogens with one attached hydrogen (secondary N) is 1. The zero-order valence-corrected chi connectivity index (χ0v) is 16.0. The van der Waals surface area contributed by atoms with Crippen LogP contribution in [0.1, 0.15) is 47.2 Å². The minimum absolute atomic E-state index is 0.0557. The number of furan rings is 1. The maximum atomic E-state index is 13.4. The highest BCUT2D eigenvalue weighted by atomic mass is 19.4. The number of benzene rings is 1. The van der Waals surface area contributed by atoms with Crippen LogP contribution in [0.2, 0.25) is 0 Å². The number of halogens is 5. The van der Waals surface area contributed by atoms with E-state index in [9.17, 15) is 31.5 Å². The molecule has 0 unspecified atom stereocenters. The quantitative estimate of drug-likeness (QED) is 0.730. The Kier molecular flexibility index (Phi) is 5.78. The summed E-state index contributed by atoms with van der Waals surface area (Å²) in [6.45, 7) is 5.21. The summed E-state index contributed by atoms with van der Waals surface area (Å²) in [6, 6.07) is 4.37. The number of carbonyl (C=O) groups is 2. The van der Waals surface area contributed by atoms with Crippen LogP contribution in [0.4, 0.5) is 27.6 Å². The van der Waals surface area contributed by atoms with Crippen molar-refractivity contribution >= 4 is 17.5 Å². The lowest BCUT2D eigenvalue weighted by Crippen LogP contribution is -2.41. The fourth-order valence-corrected chi connectivity index (χ4v) is 2.41. The summed E-state index contributed by atoms with van der Waals surface area (Å²) in [5.41, 5.74) is -1.86. The number of rotatable bonds is 4. The first-order valence-corrected chi connectivity index (χ1v) is 8.38. The van der Waals surface area contributed by atoms with E-state index in [0.717, 1.165) is 23.3 Å². The van der Waals surface area contributed by atoms with Crippen molar-refractivity contribution in [1.82, 2.24) is 5.32 Å². The molecule has 158 valence electrons. The molecule has 0 bridgehead atoms. The van der Waals surface area contributed by atoms with Gasteiger partial charge in [0, 0.05) is 23.8 Å². The summed E-state index contributed by atoms with van der Waals surface area (Å²) in [7, 11) is 1.29. The summed E-state index contributed by atoms with van der Waals surface area (Å²) < 4.78 is 69.3. The molecule has 1 aromatic carbocycles. The third-order valence-electron chi connectivity index (χ3n) is 3.87. The number of hydrogen-bond donors (Lipinski definition) is 1. The fraction of sp³-hybridized carbons (Fsp3) is 0.368. The van der Waals surface area contributed by atoms with Crippen molar-refractivity contribution in [2.75, 3.05) is 11.9 Å². The molecule has 0 aliphatic carbocycles. The smallest absolute Gasteiger partial charge is 0.458 e. The zero-order valence-electron chi connectivity index (χ0n) is 16.0. The zero-order chi connectivity index (χ0) is 22.2. The van der Waals surface area contributed by atoms with Crippen LogP contribution < -0.4 is 10.2 Å². The van der Waals surface area contributed by atoms with Crippen molar-refractivity contribution in [3.05, 3.63) is 53.5 Å². The van der Waals surface area contributed by atoms with Crippen LogP contribution in [-0.2, 0) is 5.92 Å². The predicted octanol–water partition coefficient (Wildman–Crippen LogP) is 4.74. The third-order valence-corrected chi connectivity index (χ3v) is 3.87. The van der Waals surface area contributed by atoms with Crippen molar-refractivity contribution in [1.29, 1.82) is 0 Å². The summed E-state index contributed by atoms with van der Waals surface area (Å²) in [5, 5.41) is 2.64. The molecule has 2 rings (SSSR count). The fourth-order valence-electron chi connectivity index (χ4n) is 2.41. The van der Waals surface area contributed by atoms with E-state index in [2.05, 4.69) is 5.32 Å². The topological polar surface area (TPSA) is 62.6 Å². The van der Waals surface area contributed by atoms with Gasteiger partial charge in [0.25, 0.3) is 11.8 Å². The monoisotopic (exact) mass is 418 g/mol. The number of hydrogen-bond acceptors (Lipinski definition) is 3. The van der Waals surface area contributed by atoms with Gasteiger partial charge in [0.1, 0.15) is 0 Å². The Hall–Kier alpha value is -2.91. The van der Waals surface area contributed by atoms with E-state index in [4.69, 9.17) is 4.42 Å². The molecule has 29 heavy (non-hydrogen) atoms. The molecule has 1 aromatic heterocycles. The predicted molar refractivity (Wildman–Crippen MR) is 95.1 cm³/mol. The molecule has 10 heteroatoms. The minimum Gasteiger partial charge on any atom is -0.458 e. The van der Waals surface area contributed by atoms with Gasteiger partial charge in [-0.1, -0.05) is 12.1 Å². The van der Waals surface area contributed by atoms with E-state index in [1.54, 1.807) is 20.8 Å². The highest BCUT2D eigenvalue weighted by Crippen LogP contribution is 2.44. The Morgan fingerprint density at radius 3 is 2.00 bits per heavy atom. The summed E-state index contributed by atoms with van der Waals surface area (Å²) in [4.78, 5) is 26.0. The molecule has 0 saturated heterocycles.